The molecule has 0 bridgehead atoms. The van der Waals surface area contributed by atoms with Gasteiger partial charge in [-0.2, -0.15) is 0 Å². The number of rotatable bonds is 3. The minimum Gasteiger partial charge on any atom is -0.490 e. The Labute approximate surface area is 115 Å². The fourth-order valence-electron chi connectivity index (χ4n) is 2.93. The Morgan fingerprint density at radius 3 is 2.58 bits per heavy atom. The maximum absolute atomic E-state index is 5.72. The van der Waals surface area contributed by atoms with Gasteiger partial charge in [-0.25, -0.2) is 0 Å². The molecule has 3 rings (SSSR count). The number of nitrogens with one attached hydrogen (secondary N) is 1. The van der Waals surface area contributed by atoms with Gasteiger partial charge in [-0.1, -0.05) is 19.3 Å². The Kier molecular flexibility index (Phi) is 4.11. The Morgan fingerprint density at radius 2 is 1.74 bits per heavy atom. The summed E-state index contributed by atoms with van der Waals surface area (Å²) in [5.41, 5.74) is 1.15. The van der Waals surface area contributed by atoms with Crippen molar-refractivity contribution < 1.29 is 9.47 Å². The lowest BCUT2D eigenvalue weighted by Crippen LogP contribution is -2.17. The molecule has 3 nitrogen and oxygen atoms in total. The molecule has 2 aliphatic rings. The highest BCUT2D eigenvalue weighted by molar-refractivity contribution is 5.55. The molecule has 1 aliphatic heterocycles. The van der Waals surface area contributed by atoms with Crippen LogP contribution in [0.25, 0.3) is 0 Å². The second-order valence-electron chi connectivity index (χ2n) is 5.60. The van der Waals surface area contributed by atoms with E-state index in [0.29, 0.717) is 0 Å². The van der Waals surface area contributed by atoms with Gasteiger partial charge in [0.1, 0.15) is 0 Å². The summed E-state index contributed by atoms with van der Waals surface area (Å²) in [5.74, 6) is 2.59. The van der Waals surface area contributed by atoms with Gasteiger partial charge in [0.05, 0.1) is 13.2 Å². The molecule has 0 aromatic heterocycles. The molecular formula is C16H23NO2. The predicted molar refractivity (Wildman–Crippen MR) is 77.1 cm³/mol. The standard InChI is InChI=1S/C16H23NO2/c1-2-5-13(6-3-1)12-17-14-7-8-15-16(11-14)19-10-4-9-18-15/h7-8,11,13,17H,1-6,9-10,12H2. The summed E-state index contributed by atoms with van der Waals surface area (Å²) in [6, 6.07) is 6.18. The molecule has 1 aliphatic carbocycles. The molecule has 1 aromatic rings. The zero-order valence-corrected chi connectivity index (χ0v) is 11.5. The van der Waals surface area contributed by atoms with Crippen LogP contribution in [0.2, 0.25) is 0 Å². The predicted octanol–water partition coefficient (Wildman–Crippen LogP) is 3.84. The topological polar surface area (TPSA) is 30.5 Å². The van der Waals surface area contributed by atoms with E-state index >= 15 is 0 Å². The molecule has 1 fully saturated rings. The molecule has 3 heteroatoms. The second-order valence-corrected chi connectivity index (χ2v) is 5.60. The van der Waals surface area contributed by atoms with Gasteiger partial charge in [0.25, 0.3) is 0 Å². The highest BCUT2D eigenvalue weighted by Gasteiger charge is 2.14. The normalized spacial score (nSPS) is 19.8. The molecule has 1 saturated carbocycles. The Morgan fingerprint density at radius 1 is 0.947 bits per heavy atom. The molecule has 1 aromatic carbocycles. The number of fused-ring (bicyclic) bond motifs is 1. The first-order chi connectivity index (χ1) is 9.42. The zero-order chi connectivity index (χ0) is 12.9. The van der Waals surface area contributed by atoms with Crippen molar-refractivity contribution in [2.24, 2.45) is 5.92 Å². The number of ether oxygens (including phenoxy) is 2. The Balaban J connectivity index is 1.60. The summed E-state index contributed by atoms with van der Waals surface area (Å²) in [7, 11) is 0. The highest BCUT2D eigenvalue weighted by Crippen LogP contribution is 2.32. The van der Waals surface area contributed by atoms with Gasteiger partial charge in [0, 0.05) is 24.7 Å². The molecule has 19 heavy (non-hydrogen) atoms. The maximum atomic E-state index is 5.72. The molecular weight excluding hydrogens is 238 g/mol. The van der Waals surface area contributed by atoms with E-state index in [4.69, 9.17) is 9.47 Å². The lowest BCUT2D eigenvalue weighted by Gasteiger charge is -2.22. The molecule has 0 spiro atoms. The number of anilines is 1. The molecule has 104 valence electrons. The van der Waals surface area contributed by atoms with Gasteiger partial charge in [0.15, 0.2) is 11.5 Å². The van der Waals surface area contributed by atoms with Crippen molar-refractivity contribution in [2.45, 2.75) is 38.5 Å². The number of hydrogen-bond acceptors (Lipinski definition) is 3. The van der Waals surface area contributed by atoms with Crippen LogP contribution >= 0.6 is 0 Å². The lowest BCUT2D eigenvalue weighted by molar-refractivity contribution is 0.297. The maximum Gasteiger partial charge on any atom is 0.163 e. The minimum atomic E-state index is 0.749. The van der Waals surface area contributed by atoms with E-state index in [9.17, 15) is 0 Å². The SMILES string of the molecule is c1cc2c(cc1NCC1CCCCC1)OCCCO2. The first-order valence-electron chi connectivity index (χ1n) is 7.55. The highest BCUT2D eigenvalue weighted by atomic mass is 16.5. The quantitative estimate of drug-likeness (QED) is 0.896. The van der Waals surface area contributed by atoms with E-state index in [1.165, 1.54) is 32.1 Å². The second kappa shape index (κ2) is 6.18. The van der Waals surface area contributed by atoms with Crippen LogP contribution in [0.3, 0.4) is 0 Å². The summed E-state index contributed by atoms with van der Waals surface area (Å²) < 4.78 is 11.4. The van der Waals surface area contributed by atoms with Gasteiger partial charge < -0.3 is 14.8 Å². The third-order valence-corrected chi connectivity index (χ3v) is 4.07. The summed E-state index contributed by atoms with van der Waals surface area (Å²) in [5, 5.41) is 3.55. The van der Waals surface area contributed by atoms with Gasteiger partial charge in [-0.3, -0.25) is 0 Å². The van der Waals surface area contributed by atoms with Crippen LogP contribution in [-0.4, -0.2) is 19.8 Å². The fraction of sp³-hybridized carbons (Fsp3) is 0.625. The van der Waals surface area contributed by atoms with Crippen LogP contribution in [0, 0.1) is 5.92 Å². The van der Waals surface area contributed by atoms with E-state index < -0.39 is 0 Å². The van der Waals surface area contributed by atoms with Crippen LogP contribution in [0.15, 0.2) is 18.2 Å². The Hall–Kier alpha value is -1.38. The smallest absolute Gasteiger partial charge is 0.163 e. The Bertz CT molecular complexity index is 413. The number of benzene rings is 1. The van der Waals surface area contributed by atoms with E-state index in [0.717, 1.165) is 49.3 Å². The van der Waals surface area contributed by atoms with Gasteiger partial charge in [-0.05, 0) is 30.9 Å². The van der Waals surface area contributed by atoms with Crippen molar-refractivity contribution in [1.29, 1.82) is 0 Å². The molecule has 0 amide bonds. The third kappa shape index (κ3) is 3.34. The van der Waals surface area contributed by atoms with Crippen LogP contribution in [0.4, 0.5) is 5.69 Å². The zero-order valence-electron chi connectivity index (χ0n) is 11.5. The first kappa shape index (κ1) is 12.6. The summed E-state index contributed by atoms with van der Waals surface area (Å²) in [6.45, 7) is 2.58. The number of hydrogen-bond donors (Lipinski definition) is 1. The molecule has 0 radical (unpaired) electrons. The molecule has 0 unspecified atom stereocenters. The summed E-state index contributed by atoms with van der Waals surface area (Å²) in [6.07, 6.45) is 7.91. The van der Waals surface area contributed by atoms with E-state index in [1.807, 2.05) is 6.07 Å². The lowest BCUT2D eigenvalue weighted by atomic mass is 9.89. The average molecular weight is 261 g/mol. The largest absolute Gasteiger partial charge is 0.490 e. The van der Waals surface area contributed by atoms with Crippen molar-refractivity contribution in [1.82, 2.24) is 0 Å². The van der Waals surface area contributed by atoms with E-state index in [1.54, 1.807) is 0 Å². The van der Waals surface area contributed by atoms with Gasteiger partial charge in [-0.15, -0.1) is 0 Å². The molecule has 1 N–H and O–H groups in total. The van der Waals surface area contributed by atoms with Crippen LogP contribution in [0.5, 0.6) is 11.5 Å². The van der Waals surface area contributed by atoms with E-state index in [-0.39, 0.29) is 0 Å². The minimum absolute atomic E-state index is 0.749. The monoisotopic (exact) mass is 261 g/mol. The van der Waals surface area contributed by atoms with Crippen LogP contribution in [-0.2, 0) is 0 Å². The van der Waals surface area contributed by atoms with Crippen molar-refractivity contribution in [3.05, 3.63) is 18.2 Å². The van der Waals surface area contributed by atoms with Crippen molar-refractivity contribution in [3.63, 3.8) is 0 Å². The molecule has 1 heterocycles. The third-order valence-electron chi connectivity index (χ3n) is 4.07. The van der Waals surface area contributed by atoms with Crippen molar-refractivity contribution in [3.8, 4) is 11.5 Å². The van der Waals surface area contributed by atoms with Gasteiger partial charge in [0.2, 0.25) is 0 Å². The first-order valence-corrected chi connectivity index (χ1v) is 7.55. The average Bonchev–Trinajstić information content (AvgIpc) is 2.71. The summed E-state index contributed by atoms with van der Waals surface area (Å²) >= 11 is 0. The van der Waals surface area contributed by atoms with E-state index in [2.05, 4.69) is 17.4 Å². The van der Waals surface area contributed by atoms with Gasteiger partial charge >= 0.3 is 0 Å². The van der Waals surface area contributed by atoms with Crippen LogP contribution < -0.4 is 14.8 Å². The van der Waals surface area contributed by atoms with Crippen LogP contribution in [0.1, 0.15) is 38.5 Å². The molecule has 0 atom stereocenters. The molecule has 0 saturated heterocycles. The summed E-state index contributed by atoms with van der Waals surface area (Å²) in [4.78, 5) is 0. The fourth-order valence-corrected chi connectivity index (χ4v) is 2.93. The van der Waals surface area contributed by atoms with Crippen molar-refractivity contribution in [2.75, 3.05) is 25.1 Å². The van der Waals surface area contributed by atoms with Crippen molar-refractivity contribution >= 4 is 5.69 Å².